The molecule has 16 heavy (non-hydrogen) atoms. The van der Waals surface area contributed by atoms with E-state index in [-0.39, 0.29) is 0 Å². The van der Waals surface area contributed by atoms with E-state index in [1.54, 1.807) is 12.1 Å². The van der Waals surface area contributed by atoms with Crippen molar-refractivity contribution in [1.82, 2.24) is 0 Å². The molecule has 0 saturated heterocycles. The molecule has 0 saturated carbocycles. The standard InChI is InChI=1S/C12H14O4/c1-7-5-9(10(13)12(14)15-2)6-8-3-4-16-11(7)8/h5-6,10,13H,3-4H2,1-2H3. The van der Waals surface area contributed by atoms with Crippen LogP contribution in [0.3, 0.4) is 0 Å². The molecule has 1 aliphatic rings. The Labute approximate surface area is 93.8 Å². The number of fused-ring (bicyclic) bond motifs is 1. The van der Waals surface area contributed by atoms with E-state index < -0.39 is 12.1 Å². The number of esters is 1. The molecular formula is C12H14O4. The highest BCUT2D eigenvalue weighted by molar-refractivity contribution is 5.76. The molecule has 0 radical (unpaired) electrons. The first-order chi connectivity index (χ1) is 7.63. The largest absolute Gasteiger partial charge is 0.493 e. The van der Waals surface area contributed by atoms with Crippen LogP contribution in [0.5, 0.6) is 5.75 Å². The van der Waals surface area contributed by atoms with Crippen LogP contribution < -0.4 is 4.74 Å². The smallest absolute Gasteiger partial charge is 0.339 e. The van der Waals surface area contributed by atoms with Gasteiger partial charge in [-0.2, -0.15) is 0 Å². The van der Waals surface area contributed by atoms with Gasteiger partial charge in [0.05, 0.1) is 13.7 Å². The van der Waals surface area contributed by atoms with Crippen LogP contribution in [0.2, 0.25) is 0 Å². The molecule has 0 aliphatic carbocycles. The molecule has 0 fully saturated rings. The second-order valence-electron chi connectivity index (χ2n) is 3.85. The molecule has 1 unspecified atom stereocenters. The normalized spacial score (nSPS) is 15.2. The number of rotatable bonds is 2. The van der Waals surface area contributed by atoms with Crippen LogP contribution in [0.25, 0.3) is 0 Å². The highest BCUT2D eigenvalue weighted by atomic mass is 16.5. The first-order valence-corrected chi connectivity index (χ1v) is 5.15. The van der Waals surface area contributed by atoms with Crippen LogP contribution in [0.1, 0.15) is 22.8 Å². The highest BCUT2D eigenvalue weighted by Crippen LogP contribution is 2.32. The van der Waals surface area contributed by atoms with E-state index in [0.29, 0.717) is 12.2 Å². The van der Waals surface area contributed by atoms with Gasteiger partial charge in [0.1, 0.15) is 5.75 Å². The lowest BCUT2D eigenvalue weighted by Gasteiger charge is -2.11. The van der Waals surface area contributed by atoms with E-state index in [1.807, 2.05) is 6.92 Å². The van der Waals surface area contributed by atoms with E-state index in [2.05, 4.69) is 4.74 Å². The van der Waals surface area contributed by atoms with Crippen LogP contribution in [0.4, 0.5) is 0 Å². The summed E-state index contributed by atoms with van der Waals surface area (Å²) in [7, 11) is 1.26. The molecule has 4 heteroatoms. The Kier molecular flexibility index (Phi) is 2.83. The van der Waals surface area contributed by atoms with Crippen LogP contribution in [0.15, 0.2) is 12.1 Å². The Morgan fingerprint density at radius 1 is 1.56 bits per heavy atom. The van der Waals surface area contributed by atoms with Crippen molar-refractivity contribution >= 4 is 5.97 Å². The van der Waals surface area contributed by atoms with Crippen molar-refractivity contribution in [3.63, 3.8) is 0 Å². The lowest BCUT2D eigenvalue weighted by molar-refractivity contribution is -0.150. The van der Waals surface area contributed by atoms with Gasteiger partial charge in [-0.1, -0.05) is 0 Å². The van der Waals surface area contributed by atoms with Crippen LogP contribution in [-0.4, -0.2) is 24.8 Å². The van der Waals surface area contributed by atoms with Crippen molar-refractivity contribution in [2.75, 3.05) is 13.7 Å². The summed E-state index contributed by atoms with van der Waals surface area (Å²) in [5, 5.41) is 9.73. The zero-order valence-corrected chi connectivity index (χ0v) is 9.32. The van der Waals surface area contributed by atoms with Gasteiger partial charge in [0.2, 0.25) is 0 Å². The van der Waals surface area contributed by atoms with E-state index in [1.165, 1.54) is 7.11 Å². The second kappa shape index (κ2) is 4.14. The van der Waals surface area contributed by atoms with Crippen molar-refractivity contribution in [2.24, 2.45) is 0 Å². The maximum absolute atomic E-state index is 11.2. The van der Waals surface area contributed by atoms with E-state index >= 15 is 0 Å². The van der Waals surface area contributed by atoms with Crippen molar-refractivity contribution in [1.29, 1.82) is 0 Å². The number of carbonyl (C=O) groups is 1. The summed E-state index contributed by atoms with van der Waals surface area (Å²) in [6.07, 6.45) is -0.396. The summed E-state index contributed by atoms with van der Waals surface area (Å²) in [4.78, 5) is 11.2. The van der Waals surface area contributed by atoms with Gasteiger partial charge in [-0.05, 0) is 35.7 Å². The minimum atomic E-state index is -1.21. The monoisotopic (exact) mass is 222 g/mol. The van der Waals surface area contributed by atoms with Crippen molar-refractivity contribution in [3.05, 3.63) is 28.8 Å². The van der Waals surface area contributed by atoms with E-state index in [9.17, 15) is 9.90 Å². The maximum Gasteiger partial charge on any atom is 0.339 e. The number of hydrogen-bond acceptors (Lipinski definition) is 4. The zero-order valence-electron chi connectivity index (χ0n) is 9.32. The summed E-state index contributed by atoms with van der Waals surface area (Å²) < 4.78 is 9.96. The Morgan fingerprint density at radius 2 is 2.31 bits per heavy atom. The third-order valence-electron chi connectivity index (χ3n) is 2.73. The van der Waals surface area contributed by atoms with Crippen LogP contribution in [-0.2, 0) is 16.0 Å². The fourth-order valence-corrected chi connectivity index (χ4v) is 1.94. The minimum absolute atomic E-state index is 0.564. The van der Waals surface area contributed by atoms with Gasteiger partial charge < -0.3 is 14.6 Å². The number of aliphatic hydroxyl groups excluding tert-OH is 1. The third kappa shape index (κ3) is 1.76. The third-order valence-corrected chi connectivity index (χ3v) is 2.73. The Bertz CT molecular complexity index is 425. The number of carbonyl (C=O) groups excluding carboxylic acids is 1. The summed E-state index contributed by atoms with van der Waals surface area (Å²) in [5.41, 5.74) is 2.54. The number of hydrogen-bond donors (Lipinski definition) is 1. The van der Waals surface area contributed by atoms with Crippen LogP contribution in [0, 0.1) is 6.92 Å². The molecule has 0 spiro atoms. The summed E-state index contributed by atoms with van der Waals surface area (Å²) in [6, 6.07) is 3.56. The zero-order chi connectivity index (χ0) is 11.7. The fraction of sp³-hybridized carbons (Fsp3) is 0.417. The second-order valence-corrected chi connectivity index (χ2v) is 3.85. The Morgan fingerprint density at radius 3 is 3.00 bits per heavy atom. The molecule has 1 atom stereocenters. The Balaban J connectivity index is 2.36. The highest BCUT2D eigenvalue weighted by Gasteiger charge is 2.22. The molecule has 4 nitrogen and oxygen atoms in total. The van der Waals surface area contributed by atoms with E-state index in [0.717, 1.165) is 23.3 Å². The molecule has 1 N–H and O–H groups in total. The first kappa shape index (κ1) is 11.0. The summed E-state index contributed by atoms with van der Waals surface area (Å²) in [5.74, 6) is 0.235. The lowest BCUT2D eigenvalue weighted by atomic mass is 10.0. The molecule has 0 bridgehead atoms. The van der Waals surface area contributed by atoms with Crippen molar-refractivity contribution < 1.29 is 19.4 Å². The molecule has 86 valence electrons. The van der Waals surface area contributed by atoms with Crippen molar-refractivity contribution in [2.45, 2.75) is 19.4 Å². The van der Waals surface area contributed by atoms with E-state index in [4.69, 9.17) is 4.74 Å². The number of benzene rings is 1. The lowest BCUT2D eigenvalue weighted by Crippen LogP contribution is -2.13. The van der Waals surface area contributed by atoms with Crippen molar-refractivity contribution in [3.8, 4) is 5.75 Å². The number of ether oxygens (including phenoxy) is 2. The molecule has 2 rings (SSSR count). The average Bonchev–Trinajstić information content (AvgIpc) is 2.75. The predicted molar refractivity (Wildman–Crippen MR) is 57.4 cm³/mol. The summed E-state index contributed by atoms with van der Waals surface area (Å²) >= 11 is 0. The Hall–Kier alpha value is -1.55. The number of aliphatic hydroxyl groups is 1. The van der Waals surface area contributed by atoms with Gasteiger partial charge in [-0.25, -0.2) is 4.79 Å². The van der Waals surface area contributed by atoms with Gasteiger partial charge in [-0.15, -0.1) is 0 Å². The van der Waals surface area contributed by atoms with Gasteiger partial charge in [0.25, 0.3) is 0 Å². The van der Waals surface area contributed by atoms with Gasteiger partial charge >= 0.3 is 5.97 Å². The fourth-order valence-electron chi connectivity index (χ4n) is 1.94. The number of methoxy groups -OCH3 is 1. The predicted octanol–water partition coefficient (Wildman–Crippen LogP) is 1.14. The van der Waals surface area contributed by atoms with Crippen LogP contribution >= 0.6 is 0 Å². The topological polar surface area (TPSA) is 55.8 Å². The first-order valence-electron chi connectivity index (χ1n) is 5.15. The molecule has 1 heterocycles. The van der Waals surface area contributed by atoms with Gasteiger partial charge in [0, 0.05) is 6.42 Å². The maximum atomic E-state index is 11.2. The number of aryl methyl sites for hydroxylation is 1. The minimum Gasteiger partial charge on any atom is -0.493 e. The van der Waals surface area contributed by atoms with Gasteiger partial charge in [-0.3, -0.25) is 0 Å². The molecule has 0 aromatic heterocycles. The molecule has 0 amide bonds. The molecule has 1 aliphatic heterocycles. The quantitative estimate of drug-likeness (QED) is 0.762. The molecule has 1 aromatic rings. The van der Waals surface area contributed by atoms with Gasteiger partial charge in [0.15, 0.2) is 6.10 Å². The molecule has 1 aromatic carbocycles. The molecular weight excluding hydrogens is 208 g/mol. The average molecular weight is 222 g/mol. The summed E-state index contributed by atoms with van der Waals surface area (Å²) in [6.45, 7) is 2.56. The SMILES string of the molecule is COC(=O)C(O)c1cc(C)c2c(c1)CCO2.